The van der Waals surface area contributed by atoms with Gasteiger partial charge in [-0.05, 0) is 43.7 Å². The molecule has 1 unspecified atom stereocenters. The van der Waals surface area contributed by atoms with Crippen LogP contribution in [-0.4, -0.2) is 22.6 Å². The summed E-state index contributed by atoms with van der Waals surface area (Å²) in [5, 5.41) is 7.47. The zero-order chi connectivity index (χ0) is 16.1. The third-order valence-electron chi connectivity index (χ3n) is 3.86. The van der Waals surface area contributed by atoms with Gasteiger partial charge in [-0.3, -0.25) is 4.79 Å². The number of ether oxygens (including phenoxy) is 1. The number of nitrogens with one attached hydrogen (secondary N) is 1. The first-order chi connectivity index (χ1) is 11.2. The molecule has 8 heteroatoms. The topological polar surface area (TPSA) is 103 Å². The molecule has 0 bridgehead atoms. The molecule has 1 aromatic carbocycles. The summed E-state index contributed by atoms with van der Waals surface area (Å²) in [6.45, 7) is 1.17. The molecule has 1 aliphatic rings. The van der Waals surface area contributed by atoms with Gasteiger partial charge >= 0.3 is 0 Å². The Balaban J connectivity index is 0.00000208. The van der Waals surface area contributed by atoms with Gasteiger partial charge in [-0.1, -0.05) is 18.0 Å². The highest BCUT2D eigenvalue weighted by atomic mass is 35.5. The van der Waals surface area contributed by atoms with E-state index in [1.54, 1.807) is 24.3 Å². The van der Waals surface area contributed by atoms with Crippen molar-refractivity contribution in [1.82, 2.24) is 15.5 Å². The van der Waals surface area contributed by atoms with Gasteiger partial charge < -0.3 is 20.3 Å². The summed E-state index contributed by atoms with van der Waals surface area (Å²) < 4.78 is 10.8. The summed E-state index contributed by atoms with van der Waals surface area (Å²) in [7, 11) is 0. The molecule has 0 aliphatic carbocycles. The number of hydrogen-bond donors (Lipinski definition) is 2. The third kappa shape index (κ3) is 4.69. The number of hydrogen-bond acceptors (Lipinski definition) is 6. The average molecular weight is 353 g/mol. The fourth-order valence-electron chi connectivity index (χ4n) is 2.58. The van der Waals surface area contributed by atoms with Gasteiger partial charge in [-0.25, -0.2) is 0 Å². The first-order valence-corrected chi connectivity index (χ1v) is 7.81. The first-order valence-electron chi connectivity index (χ1n) is 7.81. The number of aromatic nitrogens is 2. The van der Waals surface area contributed by atoms with E-state index in [1.807, 2.05) is 0 Å². The SMILES string of the molecule is Cl.NC(=O)c1ccc(OCc2nc(C3CCCCCN3)no2)cc1. The van der Waals surface area contributed by atoms with Crippen LogP contribution in [0, 0.1) is 0 Å². The predicted molar refractivity (Wildman–Crippen MR) is 90.0 cm³/mol. The lowest BCUT2D eigenvalue weighted by molar-refractivity contribution is 0.1000. The second-order valence-corrected chi connectivity index (χ2v) is 5.58. The molecule has 130 valence electrons. The van der Waals surface area contributed by atoms with Crippen molar-refractivity contribution in [2.75, 3.05) is 6.54 Å². The fraction of sp³-hybridized carbons (Fsp3) is 0.438. The third-order valence-corrected chi connectivity index (χ3v) is 3.86. The number of nitrogens with two attached hydrogens (primary N) is 1. The summed E-state index contributed by atoms with van der Waals surface area (Å²) in [6, 6.07) is 6.76. The van der Waals surface area contributed by atoms with E-state index >= 15 is 0 Å². The van der Waals surface area contributed by atoms with Gasteiger partial charge in [-0.2, -0.15) is 4.98 Å². The Morgan fingerprint density at radius 2 is 2.08 bits per heavy atom. The molecule has 3 N–H and O–H groups in total. The van der Waals surface area contributed by atoms with Gasteiger partial charge in [0.15, 0.2) is 12.4 Å². The minimum absolute atomic E-state index is 0. The van der Waals surface area contributed by atoms with Crippen molar-refractivity contribution in [3.05, 3.63) is 41.5 Å². The van der Waals surface area contributed by atoms with E-state index in [-0.39, 0.29) is 25.1 Å². The van der Waals surface area contributed by atoms with Gasteiger partial charge in [0.1, 0.15) is 5.75 Å². The first kappa shape index (κ1) is 18.2. The molecule has 1 fully saturated rings. The molecule has 1 aromatic heterocycles. The standard InChI is InChI=1S/C16H20N4O3.ClH/c17-15(21)11-5-7-12(8-6-11)22-10-14-19-16(20-23-14)13-4-2-1-3-9-18-13;/h5-8,13,18H,1-4,9-10H2,(H2,17,21);1H. The van der Waals surface area contributed by atoms with Crippen LogP contribution in [0.4, 0.5) is 0 Å². The molecular weight excluding hydrogens is 332 g/mol. The summed E-state index contributed by atoms with van der Waals surface area (Å²) in [6.07, 6.45) is 4.61. The monoisotopic (exact) mass is 352 g/mol. The van der Waals surface area contributed by atoms with Crippen molar-refractivity contribution < 1.29 is 14.1 Å². The van der Waals surface area contributed by atoms with E-state index in [1.165, 1.54) is 19.3 Å². The lowest BCUT2D eigenvalue weighted by Gasteiger charge is -2.09. The molecular formula is C16H21ClN4O3. The molecule has 1 amide bonds. The highest BCUT2D eigenvalue weighted by Gasteiger charge is 2.19. The summed E-state index contributed by atoms with van der Waals surface area (Å²) >= 11 is 0. The number of halogens is 1. The van der Waals surface area contributed by atoms with Crippen LogP contribution in [0.5, 0.6) is 5.75 Å². The molecule has 1 saturated heterocycles. The fourth-order valence-corrected chi connectivity index (χ4v) is 2.58. The Morgan fingerprint density at radius 3 is 2.83 bits per heavy atom. The minimum atomic E-state index is -0.464. The molecule has 2 aromatic rings. The Labute approximate surface area is 146 Å². The van der Waals surface area contributed by atoms with E-state index in [0.717, 1.165) is 13.0 Å². The zero-order valence-corrected chi connectivity index (χ0v) is 14.1. The number of amides is 1. The van der Waals surface area contributed by atoms with Crippen LogP contribution >= 0.6 is 12.4 Å². The lowest BCUT2D eigenvalue weighted by Crippen LogP contribution is -2.21. The predicted octanol–water partition coefficient (Wildman–Crippen LogP) is 2.37. The summed E-state index contributed by atoms with van der Waals surface area (Å²) in [4.78, 5) is 15.4. The van der Waals surface area contributed by atoms with E-state index < -0.39 is 5.91 Å². The number of primary amides is 1. The van der Waals surface area contributed by atoms with Gasteiger partial charge in [0.25, 0.3) is 5.89 Å². The smallest absolute Gasteiger partial charge is 0.264 e. The Morgan fingerprint density at radius 1 is 1.29 bits per heavy atom. The number of benzene rings is 1. The van der Waals surface area contributed by atoms with Crippen molar-refractivity contribution in [2.24, 2.45) is 5.73 Å². The van der Waals surface area contributed by atoms with E-state index in [0.29, 0.717) is 23.0 Å². The summed E-state index contributed by atoms with van der Waals surface area (Å²) in [5.41, 5.74) is 5.64. The Kier molecular flexibility index (Phi) is 6.57. The van der Waals surface area contributed by atoms with Gasteiger partial charge in [0, 0.05) is 5.56 Å². The highest BCUT2D eigenvalue weighted by Crippen LogP contribution is 2.21. The maximum atomic E-state index is 11.0. The molecule has 3 rings (SSSR count). The van der Waals surface area contributed by atoms with Crippen molar-refractivity contribution in [3.8, 4) is 5.75 Å². The van der Waals surface area contributed by atoms with Crippen LogP contribution in [0.1, 0.15) is 53.8 Å². The van der Waals surface area contributed by atoms with Crippen LogP contribution in [0.2, 0.25) is 0 Å². The Hall–Kier alpha value is -2.12. The maximum Gasteiger partial charge on any atom is 0.264 e. The van der Waals surface area contributed by atoms with Crippen molar-refractivity contribution in [3.63, 3.8) is 0 Å². The molecule has 2 heterocycles. The highest BCUT2D eigenvalue weighted by molar-refractivity contribution is 5.92. The molecule has 1 aliphatic heterocycles. The number of nitrogens with zero attached hydrogens (tertiary/aromatic N) is 2. The van der Waals surface area contributed by atoms with Crippen LogP contribution in [0.3, 0.4) is 0 Å². The van der Waals surface area contributed by atoms with Crippen LogP contribution < -0.4 is 15.8 Å². The molecule has 1 atom stereocenters. The molecule has 0 spiro atoms. The second kappa shape index (κ2) is 8.65. The molecule has 24 heavy (non-hydrogen) atoms. The van der Waals surface area contributed by atoms with Crippen LogP contribution in [-0.2, 0) is 6.61 Å². The molecule has 0 radical (unpaired) electrons. The average Bonchev–Trinajstić information content (AvgIpc) is 2.87. The molecule has 0 saturated carbocycles. The van der Waals surface area contributed by atoms with E-state index in [9.17, 15) is 4.79 Å². The minimum Gasteiger partial charge on any atom is -0.484 e. The Bertz CT molecular complexity index is 652. The van der Waals surface area contributed by atoms with Gasteiger partial charge in [-0.15, -0.1) is 12.4 Å². The normalized spacial score (nSPS) is 17.6. The lowest BCUT2D eigenvalue weighted by atomic mass is 10.1. The van der Waals surface area contributed by atoms with Crippen molar-refractivity contribution in [1.29, 1.82) is 0 Å². The molecule has 7 nitrogen and oxygen atoms in total. The van der Waals surface area contributed by atoms with E-state index in [2.05, 4.69) is 15.5 Å². The van der Waals surface area contributed by atoms with Gasteiger partial charge in [0.2, 0.25) is 5.91 Å². The largest absolute Gasteiger partial charge is 0.484 e. The van der Waals surface area contributed by atoms with Crippen LogP contribution in [0.15, 0.2) is 28.8 Å². The van der Waals surface area contributed by atoms with Crippen molar-refractivity contribution in [2.45, 2.75) is 38.3 Å². The number of rotatable bonds is 5. The van der Waals surface area contributed by atoms with Gasteiger partial charge in [0.05, 0.1) is 6.04 Å². The number of carbonyl (C=O) groups excluding carboxylic acids is 1. The van der Waals surface area contributed by atoms with Crippen molar-refractivity contribution >= 4 is 18.3 Å². The summed E-state index contributed by atoms with van der Waals surface area (Å²) in [5.74, 6) is 1.27. The maximum absolute atomic E-state index is 11.0. The second-order valence-electron chi connectivity index (χ2n) is 5.58. The zero-order valence-electron chi connectivity index (χ0n) is 13.2. The van der Waals surface area contributed by atoms with Crippen LogP contribution in [0.25, 0.3) is 0 Å². The quantitative estimate of drug-likeness (QED) is 0.856. The van der Waals surface area contributed by atoms with E-state index in [4.69, 9.17) is 15.0 Å². The number of carbonyl (C=O) groups is 1.